The summed E-state index contributed by atoms with van der Waals surface area (Å²) in [4.78, 5) is 21.4. The van der Waals surface area contributed by atoms with Gasteiger partial charge in [-0.2, -0.15) is 0 Å². The molecule has 0 atom stereocenters. The van der Waals surface area contributed by atoms with Crippen LogP contribution >= 0.6 is 0 Å². The zero-order valence-electron chi connectivity index (χ0n) is 8.16. The van der Waals surface area contributed by atoms with E-state index in [1.54, 1.807) is 12.1 Å². The van der Waals surface area contributed by atoms with Crippen LogP contribution in [0.1, 0.15) is 15.9 Å². The molecule has 1 aromatic carbocycles. The Morgan fingerprint density at radius 3 is 3.20 bits per heavy atom. The average molecular weight is 205 g/mol. The molecule has 1 aromatic rings. The van der Waals surface area contributed by atoms with Gasteiger partial charge in [0.05, 0.1) is 5.56 Å². The van der Waals surface area contributed by atoms with E-state index in [0.717, 1.165) is 18.7 Å². The monoisotopic (exact) mass is 205 g/mol. The molecule has 78 valence electrons. The van der Waals surface area contributed by atoms with Gasteiger partial charge in [-0.1, -0.05) is 6.07 Å². The zero-order chi connectivity index (χ0) is 10.7. The van der Waals surface area contributed by atoms with Crippen molar-refractivity contribution < 1.29 is 14.3 Å². The lowest BCUT2D eigenvalue weighted by atomic mass is 10.1. The second-order valence-electron chi connectivity index (χ2n) is 3.31. The first kappa shape index (κ1) is 9.71. The Hall–Kier alpha value is -1.84. The average Bonchev–Trinajstić information content (AvgIpc) is 2.72. The van der Waals surface area contributed by atoms with Crippen LogP contribution in [0.3, 0.4) is 0 Å². The highest BCUT2D eigenvalue weighted by molar-refractivity contribution is 5.91. The van der Waals surface area contributed by atoms with Crippen LogP contribution in [0, 0.1) is 0 Å². The van der Waals surface area contributed by atoms with E-state index >= 15 is 0 Å². The predicted molar refractivity (Wildman–Crippen MR) is 55.0 cm³/mol. The number of fused-ring (bicyclic) bond motifs is 1. The van der Waals surface area contributed by atoms with Crippen molar-refractivity contribution in [2.75, 3.05) is 18.5 Å². The molecule has 1 aliphatic heterocycles. The number of carbonyl (C=O) groups is 2. The van der Waals surface area contributed by atoms with Crippen LogP contribution in [0.5, 0.6) is 0 Å². The first-order valence-corrected chi connectivity index (χ1v) is 4.79. The number of aldehydes is 1. The number of anilines is 1. The molecular formula is C11H11NO3. The molecule has 0 saturated heterocycles. The van der Waals surface area contributed by atoms with E-state index in [2.05, 4.69) is 5.32 Å². The number of carbonyl (C=O) groups excluding carboxylic acids is 2. The molecule has 1 N–H and O–H groups in total. The molecule has 0 radical (unpaired) electrons. The highest BCUT2D eigenvalue weighted by Crippen LogP contribution is 2.23. The molecular weight excluding hydrogens is 194 g/mol. The molecule has 0 aromatic heterocycles. The Morgan fingerprint density at radius 1 is 1.53 bits per heavy atom. The van der Waals surface area contributed by atoms with Crippen molar-refractivity contribution in [2.24, 2.45) is 0 Å². The van der Waals surface area contributed by atoms with Gasteiger partial charge in [-0.25, -0.2) is 4.79 Å². The normalized spacial score (nSPS) is 12.8. The lowest BCUT2D eigenvalue weighted by molar-refractivity contribution is -0.110. The first-order valence-electron chi connectivity index (χ1n) is 4.79. The maximum absolute atomic E-state index is 11.4. The summed E-state index contributed by atoms with van der Waals surface area (Å²) in [5.74, 6) is -0.460. The molecule has 1 heterocycles. The summed E-state index contributed by atoms with van der Waals surface area (Å²) in [5.41, 5.74) is 2.67. The standard InChI is InChI=1S/C11H11NO3/c13-5-6-15-11(14)9-2-1-8-3-4-12-10(8)7-9/h1-2,5,7,12H,3-4,6H2. The first-order chi connectivity index (χ1) is 7.31. The van der Waals surface area contributed by atoms with Crippen LogP contribution < -0.4 is 5.32 Å². The van der Waals surface area contributed by atoms with Gasteiger partial charge in [0.15, 0.2) is 6.29 Å². The number of ether oxygens (including phenoxy) is 1. The van der Waals surface area contributed by atoms with Gasteiger partial charge in [0.2, 0.25) is 0 Å². The summed E-state index contributed by atoms with van der Waals surface area (Å²) >= 11 is 0. The van der Waals surface area contributed by atoms with Crippen molar-refractivity contribution in [2.45, 2.75) is 6.42 Å². The van der Waals surface area contributed by atoms with E-state index in [1.807, 2.05) is 6.07 Å². The third-order valence-electron chi connectivity index (χ3n) is 2.34. The fourth-order valence-electron chi connectivity index (χ4n) is 1.61. The molecule has 2 rings (SSSR count). The van der Waals surface area contributed by atoms with Gasteiger partial charge in [0, 0.05) is 12.2 Å². The maximum Gasteiger partial charge on any atom is 0.338 e. The molecule has 0 amide bonds. The minimum atomic E-state index is -0.460. The molecule has 0 bridgehead atoms. The third kappa shape index (κ3) is 1.98. The molecule has 1 aliphatic rings. The van der Waals surface area contributed by atoms with Gasteiger partial charge in [-0.15, -0.1) is 0 Å². The van der Waals surface area contributed by atoms with Gasteiger partial charge in [-0.05, 0) is 24.1 Å². The van der Waals surface area contributed by atoms with Crippen LogP contribution in [0.25, 0.3) is 0 Å². The summed E-state index contributed by atoms with van der Waals surface area (Å²) in [7, 11) is 0. The van der Waals surface area contributed by atoms with Gasteiger partial charge >= 0.3 is 5.97 Å². The second-order valence-corrected chi connectivity index (χ2v) is 3.31. The summed E-state index contributed by atoms with van der Waals surface area (Å²) in [6, 6.07) is 5.39. The fraction of sp³-hybridized carbons (Fsp3) is 0.273. The fourth-order valence-corrected chi connectivity index (χ4v) is 1.61. The smallest absolute Gasteiger partial charge is 0.338 e. The Balaban J connectivity index is 2.15. The van der Waals surface area contributed by atoms with Crippen molar-refractivity contribution in [3.8, 4) is 0 Å². The van der Waals surface area contributed by atoms with E-state index in [0.29, 0.717) is 11.8 Å². The lowest BCUT2D eigenvalue weighted by Gasteiger charge is -2.04. The van der Waals surface area contributed by atoms with E-state index in [4.69, 9.17) is 4.74 Å². The molecule has 0 spiro atoms. The SMILES string of the molecule is O=CCOC(=O)c1ccc2c(c1)NCC2. The van der Waals surface area contributed by atoms with Crippen molar-refractivity contribution in [1.82, 2.24) is 0 Å². The Labute approximate surface area is 87.2 Å². The maximum atomic E-state index is 11.4. The van der Waals surface area contributed by atoms with Crippen molar-refractivity contribution >= 4 is 17.9 Å². The van der Waals surface area contributed by atoms with Gasteiger partial charge in [0.25, 0.3) is 0 Å². The number of hydrogen-bond acceptors (Lipinski definition) is 4. The second kappa shape index (κ2) is 4.13. The summed E-state index contributed by atoms with van der Waals surface area (Å²) in [6.45, 7) is 0.714. The molecule has 4 nitrogen and oxygen atoms in total. The number of esters is 1. The number of benzene rings is 1. The molecule has 4 heteroatoms. The Kier molecular flexibility index (Phi) is 2.67. The van der Waals surface area contributed by atoms with Crippen molar-refractivity contribution in [3.05, 3.63) is 29.3 Å². The van der Waals surface area contributed by atoms with Crippen molar-refractivity contribution in [3.63, 3.8) is 0 Å². The van der Waals surface area contributed by atoms with Gasteiger partial charge < -0.3 is 10.1 Å². The van der Waals surface area contributed by atoms with E-state index in [1.165, 1.54) is 5.56 Å². The Bertz CT molecular complexity index is 401. The highest BCUT2D eigenvalue weighted by Gasteiger charge is 2.13. The van der Waals surface area contributed by atoms with Gasteiger partial charge in [-0.3, -0.25) is 4.79 Å². The van der Waals surface area contributed by atoms with Crippen LogP contribution in [0.15, 0.2) is 18.2 Å². The molecule has 0 saturated carbocycles. The molecule has 15 heavy (non-hydrogen) atoms. The van der Waals surface area contributed by atoms with E-state index in [-0.39, 0.29) is 6.61 Å². The van der Waals surface area contributed by atoms with Crippen LogP contribution in [-0.4, -0.2) is 25.4 Å². The number of hydrogen-bond donors (Lipinski definition) is 1. The van der Waals surface area contributed by atoms with Crippen LogP contribution in [0.4, 0.5) is 5.69 Å². The largest absolute Gasteiger partial charge is 0.454 e. The lowest BCUT2D eigenvalue weighted by Crippen LogP contribution is -2.07. The summed E-state index contributed by atoms with van der Waals surface area (Å²) < 4.78 is 4.70. The third-order valence-corrected chi connectivity index (χ3v) is 2.34. The molecule has 0 fully saturated rings. The van der Waals surface area contributed by atoms with E-state index < -0.39 is 5.97 Å². The predicted octanol–water partition coefficient (Wildman–Crippen LogP) is 1.01. The van der Waals surface area contributed by atoms with E-state index in [9.17, 15) is 9.59 Å². The van der Waals surface area contributed by atoms with Crippen LogP contribution in [-0.2, 0) is 16.0 Å². The minimum absolute atomic E-state index is 0.191. The van der Waals surface area contributed by atoms with Crippen LogP contribution in [0.2, 0.25) is 0 Å². The topological polar surface area (TPSA) is 55.4 Å². The highest BCUT2D eigenvalue weighted by atomic mass is 16.5. The minimum Gasteiger partial charge on any atom is -0.454 e. The quantitative estimate of drug-likeness (QED) is 0.591. The summed E-state index contributed by atoms with van der Waals surface area (Å²) in [5, 5.41) is 3.17. The number of nitrogens with one attached hydrogen (secondary N) is 1. The molecule has 0 unspecified atom stereocenters. The molecule has 0 aliphatic carbocycles. The van der Waals surface area contributed by atoms with Crippen molar-refractivity contribution in [1.29, 1.82) is 0 Å². The summed E-state index contributed by atoms with van der Waals surface area (Å²) in [6.07, 6.45) is 1.54. The number of rotatable bonds is 3. The Morgan fingerprint density at radius 2 is 2.40 bits per heavy atom. The van der Waals surface area contributed by atoms with Gasteiger partial charge in [0.1, 0.15) is 6.61 Å². The zero-order valence-corrected chi connectivity index (χ0v) is 8.16.